The summed E-state index contributed by atoms with van der Waals surface area (Å²) < 4.78 is 13.7. The summed E-state index contributed by atoms with van der Waals surface area (Å²) in [5.74, 6) is 2.64. The molecular weight excluding hydrogens is 466 g/mol. The van der Waals surface area contributed by atoms with E-state index >= 15 is 0 Å². The molecule has 3 atom stereocenters. The van der Waals surface area contributed by atoms with E-state index in [2.05, 4.69) is 52.0 Å². The molecule has 4 bridgehead atoms. The van der Waals surface area contributed by atoms with Crippen LogP contribution in [0.25, 0.3) is 0 Å². The Labute approximate surface area is 195 Å². The molecule has 6 rings (SSSR count). The molecule has 5 fully saturated rings. The molecule has 168 valence electrons. The van der Waals surface area contributed by atoms with Crippen LogP contribution in [0.2, 0.25) is 0 Å². The third kappa shape index (κ3) is 4.77. The van der Waals surface area contributed by atoms with E-state index in [0.717, 1.165) is 28.8 Å². The SMILES string of the molecule is CC1C(c2ccc(Br)cc2)OCCN1CC(O)COC12CC3CC(CC(C3)C1)C2.Cl. The fourth-order valence-electron chi connectivity index (χ4n) is 6.92. The summed E-state index contributed by atoms with van der Waals surface area (Å²) in [7, 11) is 0. The minimum Gasteiger partial charge on any atom is -0.389 e. The average molecular weight is 501 g/mol. The number of benzene rings is 1. The lowest BCUT2D eigenvalue weighted by atomic mass is 9.54. The second kappa shape index (κ2) is 9.36. The number of aliphatic hydroxyl groups excluding tert-OH is 1. The topological polar surface area (TPSA) is 41.9 Å². The molecule has 4 nitrogen and oxygen atoms in total. The molecule has 1 N–H and O–H groups in total. The Hall–Kier alpha value is -0.170. The fourth-order valence-corrected chi connectivity index (χ4v) is 7.18. The van der Waals surface area contributed by atoms with Gasteiger partial charge in [0.1, 0.15) is 0 Å². The summed E-state index contributed by atoms with van der Waals surface area (Å²) in [4.78, 5) is 2.37. The number of ether oxygens (including phenoxy) is 2. The van der Waals surface area contributed by atoms with Crippen LogP contribution >= 0.6 is 28.3 Å². The first-order chi connectivity index (χ1) is 14.0. The van der Waals surface area contributed by atoms with Crippen molar-refractivity contribution in [1.82, 2.24) is 4.90 Å². The first kappa shape index (κ1) is 23.0. The summed E-state index contributed by atoms with van der Waals surface area (Å²) >= 11 is 3.51. The van der Waals surface area contributed by atoms with Gasteiger partial charge in [0.15, 0.2) is 0 Å². The molecule has 1 heterocycles. The van der Waals surface area contributed by atoms with Crippen molar-refractivity contribution in [2.24, 2.45) is 17.8 Å². The summed E-state index contributed by atoms with van der Waals surface area (Å²) in [5.41, 5.74) is 1.27. The minimum atomic E-state index is -0.436. The number of hydrogen-bond donors (Lipinski definition) is 1. The normalized spacial score (nSPS) is 39.0. The van der Waals surface area contributed by atoms with E-state index in [-0.39, 0.29) is 30.2 Å². The van der Waals surface area contributed by atoms with E-state index in [4.69, 9.17) is 9.47 Å². The van der Waals surface area contributed by atoms with E-state index in [9.17, 15) is 5.11 Å². The van der Waals surface area contributed by atoms with Crippen LogP contribution in [0.15, 0.2) is 28.7 Å². The Morgan fingerprint density at radius 3 is 2.33 bits per heavy atom. The van der Waals surface area contributed by atoms with E-state index < -0.39 is 6.10 Å². The second-order valence-corrected chi connectivity index (χ2v) is 11.1. The van der Waals surface area contributed by atoms with Crippen molar-refractivity contribution in [2.75, 3.05) is 26.3 Å². The summed E-state index contributed by atoms with van der Waals surface area (Å²) in [6.45, 7) is 4.90. The van der Waals surface area contributed by atoms with Crippen molar-refractivity contribution in [3.8, 4) is 0 Å². The highest BCUT2D eigenvalue weighted by atomic mass is 79.9. The van der Waals surface area contributed by atoms with Crippen LogP contribution in [0.1, 0.15) is 57.1 Å². The zero-order valence-electron chi connectivity index (χ0n) is 17.8. The minimum absolute atomic E-state index is 0. The van der Waals surface area contributed by atoms with E-state index in [1.807, 2.05) is 0 Å². The molecular formula is C24H35BrClNO3. The highest BCUT2D eigenvalue weighted by Gasteiger charge is 2.51. The molecule has 1 aliphatic heterocycles. The third-order valence-electron chi connectivity index (χ3n) is 7.90. The number of nitrogens with zero attached hydrogens (tertiary/aromatic N) is 1. The number of rotatable bonds is 6. The lowest BCUT2D eigenvalue weighted by Crippen LogP contribution is -2.53. The fraction of sp³-hybridized carbons (Fsp3) is 0.750. The van der Waals surface area contributed by atoms with Crippen LogP contribution in [0, 0.1) is 17.8 Å². The van der Waals surface area contributed by atoms with Crippen LogP contribution in [-0.4, -0.2) is 54.1 Å². The molecule has 30 heavy (non-hydrogen) atoms. The van der Waals surface area contributed by atoms with Crippen molar-refractivity contribution >= 4 is 28.3 Å². The van der Waals surface area contributed by atoms with Crippen LogP contribution < -0.4 is 0 Å². The van der Waals surface area contributed by atoms with Crippen molar-refractivity contribution < 1.29 is 14.6 Å². The van der Waals surface area contributed by atoms with Gasteiger partial charge in [-0.05, 0) is 80.9 Å². The van der Waals surface area contributed by atoms with Crippen molar-refractivity contribution in [2.45, 2.75) is 69.3 Å². The van der Waals surface area contributed by atoms with Crippen molar-refractivity contribution in [1.29, 1.82) is 0 Å². The molecule has 5 aliphatic rings. The van der Waals surface area contributed by atoms with Gasteiger partial charge in [0, 0.05) is 23.6 Å². The number of morpholine rings is 1. The van der Waals surface area contributed by atoms with Gasteiger partial charge in [-0.25, -0.2) is 0 Å². The Balaban J connectivity index is 0.00000218. The average Bonchev–Trinajstić information content (AvgIpc) is 2.68. The number of hydrogen-bond acceptors (Lipinski definition) is 4. The molecule has 0 spiro atoms. The molecule has 3 unspecified atom stereocenters. The molecule has 6 heteroatoms. The third-order valence-corrected chi connectivity index (χ3v) is 8.43. The maximum Gasteiger partial charge on any atom is 0.0977 e. The lowest BCUT2D eigenvalue weighted by molar-refractivity contribution is -0.178. The Morgan fingerprint density at radius 2 is 1.73 bits per heavy atom. The predicted molar refractivity (Wildman–Crippen MR) is 124 cm³/mol. The molecule has 0 aromatic heterocycles. The number of β-amino-alcohol motifs (C(OH)–C–C–N with tert-alkyl or cyclic N) is 1. The number of halogens is 2. The van der Waals surface area contributed by atoms with E-state index in [1.165, 1.54) is 44.1 Å². The zero-order chi connectivity index (χ0) is 20.0. The summed E-state index contributed by atoms with van der Waals surface area (Å²) in [6.07, 6.45) is 7.57. The van der Waals surface area contributed by atoms with Crippen molar-refractivity contribution in [3.05, 3.63) is 34.3 Å². The zero-order valence-corrected chi connectivity index (χ0v) is 20.2. The molecule has 4 saturated carbocycles. The standard InChI is InChI=1S/C24H34BrNO3.ClH/c1-16-23(20-2-4-21(25)5-3-20)28-7-6-26(16)14-22(27)15-29-24-11-17-8-18(12-24)10-19(9-17)13-24;/h2-5,16-19,22-23,27H,6-15H2,1H3;1H. The van der Waals surface area contributed by atoms with Gasteiger partial charge in [0.2, 0.25) is 0 Å². The summed E-state index contributed by atoms with van der Waals surface area (Å²) in [5, 5.41) is 10.8. The van der Waals surface area contributed by atoms with Gasteiger partial charge < -0.3 is 14.6 Å². The van der Waals surface area contributed by atoms with Crippen LogP contribution in [0.3, 0.4) is 0 Å². The summed E-state index contributed by atoms with van der Waals surface area (Å²) in [6, 6.07) is 8.62. The largest absolute Gasteiger partial charge is 0.389 e. The van der Waals surface area contributed by atoms with Crippen molar-refractivity contribution in [3.63, 3.8) is 0 Å². The molecule has 0 radical (unpaired) electrons. The predicted octanol–water partition coefficient (Wildman–Crippen LogP) is 4.98. The highest BCUT2D eigenvalue weighted by Crippen LogP contribution is 2.57. The van der Waals surface area contributed by atoms with Gasteiger partial charge >= 0.3 is 0 Å². The maximum atomic E-state index is 10.8. The van der Waals surface area contributed by atoms with Gasteiger partial charge in [0.25, 0.3) is 0 Å². The Bertz CT molecular complexity index is 680. The molecule has 1 saturated heterocycles. The Morgan fingerprint density at radius 1 is 1.13 bits per heavy atom. The molecule has 0 amide bonds. The van der Waals surface area contributed by atoms with Gasteiger partial charge in [-0.1, -0.05) is 28.1 Å². The first-order valence-corrected chi connectivity index (χ1v) is 12.2. The van der Waals surface area contributed by atoms with Crippen LogP contribution in [0.5, 0.6) is 0 Å². The highest BCUT2D eigenvalue weighted by molar-refractivity contribution is 9.10. The van der Waals surface area contributed by atoms with Gasteiger partial charge in [-0.3, -0.25) is 4.90 Å². The van der Waals surface area contributed by atoms with E-state index in [0.29, 0.717) is 19.8 Å². The monoisotopic (exact) mass is 499 g/mol. The maximum absolute atomic E-state index is 10.8. The second-order valence-electron chi connectivity index (χ2n) is 10.1. The molecule has 1 aromatic carbocycles. The molecule has 4 aliphatic carbocycles. The smallest absolute Gasteiger partial charge is 0.0977 e. The Kier molecular flexibility index (Phi) is 7.18. The lowest BCUT2D eigenvalue weighted by Gasteiger charge is -2.56. The van der Waals surface area contributed by atoms with Crippen LogP contribution in [0.4, 0.5) is 0 Å². The first-order valence-electron chi connectivity index (χ1n) is 11.4. The quantitative estimate of drug-likeness (QED) is 0.598. The molecule has 1 aromatic rings. The van der Waals surface area contributed by atoms with Crippen LogP contribution in [-0.2, 0) is 9.47 Å². The van der Waals surface area contributed by atoms with Gasteiger partial charge in [-0.15, -0.1) is 12.4 Å². The number of aliphatic hydroxyl groups is 1. The van der Waals surface area contributed by atoms with E-state index in [1.54, 1.807) is 0 Å². The van der Waals surface area contributed by atoms with Gasteiger partial charge in [-0.2, -0.15) is 0 Å². The van der Waals surface area contributed by atoms with Gasteiger partial charge in [0.05, 0.1) is 31.0 Å².